The molecule has 17 heavy (non-hydrogen) atoms. The minimum absolute atomic E-state index is 0.382. The Kier molecular flexibility index (Phi) is 4.41. The summed E-state index contributed by atoms with van der Waals surface area (Å²) in [6.07, 6.45) is 7.57. The monoisotopic (exact) mass is 293 g/mol. The summed E-state index contributed by atoms with van der Waals surface area (Å²) in [4.78, 5) is 0. The number of likely N-dealkylation sites (N-methyl/N-ethyl adjacent to an activating group) is 1. The van der Waals surface area contributed by atoms with Crippen molar-refractivity contribution in [2.75, 3.05) is 7.05 Å². The van der Waals surface area contributed by atoms with Crippen LogP contribution in [0.1, 0.15) is 42.9 Å². The zero-order valence-corrected chi connectivity index (χ0v) is 12.2. The molecule has 1 unspecified atom stereocenters. The quantitative estimate of drug-likeness (QED) is 0.808. The Balaban J connectivity index is 2.34. The molecule has 0 aliphatic heterocycles. The first-order valence-corrected chi connectivity index (χ1v) is 7.14. The van der Waals surface area contributed by atoms with Gasteiger partial charge >= 0.3 is 0 Å². The summed E-state index contributed by atoms with van der Waals surface area (Å²) in [5.41, 5.74) is 4.30. The minimum Gasteiger partial charge on any atom is -0.310 e. The Bertz CT molecular complexity index is 423. The normalized spacial score (nSPS) is 17.7. The molecule has 0 spiro atoms. The zero-order valence-electron chi connectivity index (χ0n) is 10.6. The van der Waals surface area contributed by atoms with Crippen LogP contribution in [0.25, 0.3) is 0 Å². The molecule has 0 amide bonds. The van der Waals surface area contributed by atoms with Crippen molar-refractivity contribution in [3.63, 3.8) is 0 Å². The highest BCUT2D eigenvalue weighted by Crippen LogP contribution is 2.33. The highest BCUT2D eigenvalue weighted by molar-refractivity contribution is 9.10. The predicted octanol–water partition coefficient (Wildman–Crippen LogP) is 4.52. The first-order valence-electron chi connectivity index (χ1n) is 6.35. The van der Waals surface area contributed by atoms with Gasteiger partial charge in [0.15, 0.2) is 0 Å². The lowest BCUT2D eigenvalue weighted by atomic mass is 9.88. The lowest BCUT2D eigenvalue weighted by Gasteiger charge is -2.25. The first kappa shape index (κ1) is 12.8. The Morgan fingerprint density at radius 3 is 2.76 bits per heavy atom. The maximum atomic E-state index is 3.62. The molecular weight excluding hydrogens is 274 g/mol. The van der Waals surface area contributed by atoms with Gasteiger partial charge in [0, 0.05) is 4.47 Å². The van der Waals surface area contributed by atoms with E-state index in [1.165, 1.54) is 41.3 Å². The van der Waals surface area contributed by atoms with Crippen LogP contribution >= 0.6 is 15.9 Å². The van der Waals surface area contributed by atoms with Gasteiger partial charge in [-0.2, -0.15) is 0 Å². The van der Waals surface area contributed by atoms with Crippen LogP contribution in [0.2, 0.25) is 0 Å². The third kappa shape index (κ3) is 2.80. The van der Waals surface area contributed by atoms with Crippen molar-refractivity contribution >= 4 is 15.9 Å². The van der Waals surface area contributed by atoms with E-state index < -0.39 is 0 Å². The fraction of sp³-hybridized carbons (Fsp3) is 0.467. The van der Waals surface area contributed by atoms with Crippen molar-refractivity contribution < 1.29 is 0 Å². The van der Waals surface area contributed by atoms with Crippen LogP contribution in [-0.4, -0.2) is 7.05 Å². The first-order chi connectivity index (χ1) is 8.24. The SMILES string of the molecule is CNC(C1=CCCCC1)c1cccc(Br)c1C. The molecular formula is C15H20BrN. The van der Waals surface area contributed by atoms with Crippen molar-refractivity contribution in [3.05, 3.63) is 45.4 Å². The van der Waals surface area contributed by atoms with Gasteiger partial charge in [-0.25, -0.2) is 0 Å². The topological polar surface area (TPSA) is 12.0 Å². The number of hydrogen-bond acceptors (Lipinski definition) is 1. The van der Waals surface area contributed by atoms with E-state index >= 15 is 0 Å². The molecule has 0 fully saturated rings. The molecule has 1 aliphatic carbocycles. The zero-order chi connectivity index (χ0) is 12.3. The summed E-state index contributed by atoms with van der Waals surface area (Å²) in [5.74, 6) is 0. The number of benzene rings is 1. The van der Waals surface area contributed by atoms with Crippen LogP contribution in [-0.2, 0) is 0 Å². The third-order valence-corrected chi connectivity index (χ3v) is 4.47. The van der Waals surface area contributed by atoms with Crippen LogP contribution in [0.15, 0.2) is 34.3 Å². The van der Waals surface area contributed by atoms with Gasteiger partial charge in [0.2, 0.25) is 0 Å². The van der Waals surface area contributed by atoms with Crippen molar-refractivity contribution in [3.8, 4) is 0 Å². The average molecular weight is 294 g/mol. The summed E-state index contributed by atoms with van der Waals surface area (Å²) >= 11 is 3.62. The van der Waals surface area contributed by atoms with Crippen molar-refractivity contribution in [1.29, 1.82) is 0 Å². The highest BCUT2D eigenvalue weighted by atomic mass is 79.9. The van der Waals surface area contributed by atoms with E-state index in [1.54, 1.807) is 5.57 Å². The van der Waals surface area contributed by atoms with Gasteiger partial charge in [-0.15, -0.1) is 0 Å². The van der Waals surface area contributed by atoms with Crippen LogP contribution in [0, 0.1) is 6.92 Å². The number of allylic oxidation sites excluding steroid dienone is 1. The van der Waals surface area contributed by atoms with Gasteiger partial charge in [0.05, 0.1) is 6.04 Å². The van der Waals surface area contributed by atoms with E-state index in [1.807, 2.05) is 0 Å². The Labute approximate surface area is 112 Å². The van der Waals surface area contributed by atoms with E-state index in [-0.39, 0.29) is 0 Å². The molecule has 1 aromatic carbocycles. The smallest absolute Gasteiger partial charge is 0.0536 e. The van der Waals surface area contributed by atoms with Crippen molar-refractivity contribution in [2.24, 2.45) is 0 Å². The lowest BCUT2D eigenvalue weighted by molar-refractivity contribution is 0.591. The van der Waals surface area contributed by atoms with Gasteiger partial charge < -0.3 is 5.32 Å². The fourth-order valence-electron chi connectivity index (χ4n) is 2.60. The number of hydrogen-bond donors (Lipinski definition) is 1. The standard InChI is InChI=1S/C15H20BrN/c1-11-13(9-6-10-14(11)16)15(17-2)12-7-4-3-5-8-12/h6-7,9-10,15,17H,3-5,8H2,1-2H3. The molecule has 1 aromatic rings. The summed E-state index contributed by atoms with van der Waals surface area (Å²) in [6.45, 7) is 2.19. The van der Waals surface area contributed by atoms with E-state index in [2.05, 4.69) is 59.5 Å². The van der Waals surface area contributed by atoms with Gasteiger partial charge in [0.25, 0.3) is 0 Å². The number of nitrogens with one attached hydrogen (secondary N) is 1. The number of halogens is 1. The second-order valence-electron chi connectivity index (χ2n) is 4.70. The Morgan fingerprint density at radius 1 is 1.29 bits per heavy atom. The molecule has 0 heterocycles. The van der Waals surface area contributed by atoms with Crippen molar-refractivity contribution in [1.82, 2.24) is 5.32 Å². The largest absolute Gasteiger partial charge is 0.310 e. The molecule has 0 saturated heterocycles. The molecule has 1 atom stereocenters. The average Bonchev–Trinajstić information content (AvgIpc) is 2.37. The molecule has 1 nitrogen and oxygen atoms in total. The van der Waals surface area contributed by atoms with Gasteiger partial charge in [0.1, 0.15) is 0 Å². The van der Waals surface area contributed by atoms with Crippen LogP contribution in [0.5, 0.6) is 0 Å². The molecule has 0 radical (unpaired) electrons. The number of rotatable bonds is 3. The maximum Gasteiger partial charge on any atom is 0.0536 e. The molecule has 0 saturated carbocycles. The highest BCUT2D eigenvalue weighted by Gasteiger charge is 2.18. The second-order valence-corrected chi connectivity index (χ2v) is 5.55. The summed E-state index contributed by atoms with van der Waals surface area (Å²) in [7, 11) is 2.06. The van der Waals surface area contributed by atoms with Gasteiger partial charge in [-0.3, -0.25) is 0 Å². The second kappa shape index (κ2) is 5.83. The van der Waals surface area contributed by atoms with E-state index in [9.17, 15) is 0 Å². The van der Waals surface area contributed by atoms with Crippen LogP contribution in [0.3, 0.4) is 0 Å². The summed E-state index contributed by atoms with van der Waals surface area (Å²) < 4.78 is 1.20. The minimum atomic E-state index is 0.382. The molecule has 0 bridgehead atoms. The Morgan fingerprint density at radius 2 is 2.12 bits per heavy atom. The summed E-state index contributed by atoms with van der Waals surface area (Å²) in [6, 6.07) is 6.85. The molecule has 2 heteroatoms. The molecule has 1 N–H and O–H groups in total. The Hall–Kier alpha value is -0.600. The van der Waals surface area contributed by atoms with Gasteiger partial charge in [-0.1, -0.05) is 39.7 Å². The third-order valence-electron chi connectivity index (χ3n) is 3.61. The predicted molar refractivity (Wildman–Crippen MR) is 77.2 cm³/mol. The molecule has 1 aliphatic rings. The summed E-state index contributed by atoms with van der Waals surface area (Å²) in [5, 5.41) is 3.47. The molecule has 2 rings (SSSR count). The molecule has 92 valence electrons. The molecule has 0 aromatic heterocycles. The van der Waals surface area contributed by atoms with E-state index in [0.717, 1.165) is 0 Å². The van der Waals surface area contributed by atoms with E-state index in [0.29, 0.717) is 6.04 Å². The lowest BCUT2D eigenvalue weighted by Crippen LogP contribution is -2.20. The van der Waals surface area contributed by atoms with Gasteiger partial charge in [-0.05, 0) is 56.8 Å². The fourth-order valence-corrected chi connectivity index (χ4v) is 2.98. The maximum absolute atomic E-state index is 3.62. The van der Waals surface area contributed by atoms with Crippen LogP contribution in [0.4, 0.5) is 0 Å². The van der Waals surface area contributed by atoms with Crippen LogP contribution < -0.4 is 5.32 Å². The van der Waals surface area contributed by atoms with E-state index in [4.69, 9.17) is 0 Å². The van der Waals surface area contributed by atoms with Crippen molar-refractivity contribution in [2.45, 2.75) is 38.6 Å².